The van der Waals surface area contributed by atoms with Crippen LogP contribution < -0.4 is 5.32 Å². The molecular weight excluding hydrogens is 290 g/mol. The summed E-state index contributed by atoms with van der Waals surface area (Å²) in [6.07, 6.45) is 1.19. The number of carbonyl (C=O) groups is 1. The third-order valence-corrected chi connectivity index (χ3v) is 4.86. The second kappa shape index (κ2) is 6.44. The highest BCUT2D eigenvalue weighted by Gasteiger charge is 2.25. The van der Waals surface area contributed by atoms with Gasteiger partial charge >= 0.3 is 6.03 Å². The molecule has 0 unspecified atom stereocenters. The molecule has 116 valence electrons. The molecular formula is C14H21N3O3S. The smallest absolute Gasteiger partial charge is 0.317 e. The van der Waals surface area contributed by atoms with Crippen molar-refractivity contribution >= 4 is 16.1 Å². The number of aryl methyl sites for hydroxylation is 1. The van der Waals surface area contributed by atoms with Crippen LogP contribution in [0.2, 0.25) is 0 Å². The summed E-state index contributed by atoms with van der Waals surface area (Å²) in [5.41, 5.74) is 2.23. The van der Waals surface area contributed by atoms with Gasteiger partial charge in [-0.15, -0.1) is 0 Å². The summed E-state index contributed by atoms with van der Waals surface area (Å²) < 4.78 is 24.2. The molecule has 1 heterocycles. The number of carbonyl (C=O) groups excluding carboxylic acids is 1. The maximum Gasteiger partial charge on any atom is 0.317 e. The standard InChI is InChI=1S/C14H21N3O3S/c1-12-3-5-13(6-4-12)11-15-14(18)16-7-9-17(10-8-16)21(2,19)20/h3-6H,7-11H2,1-2H3,(H,15,18). The van der Waals surface area contributed by atoms with E-state index in [1.807, 2.05) is 31.2 Å². The maximum atomic E-state index is 12.0. The zero-order valence-corrected chi connectivity index (χ0v) is 13.2. The van der Waals surface area contributed by atoms with Gasteiger partial charge in [0.25, 0.3) is 0 Å². The minimum Gasteiger partial charge on any atom is -0.334 e. The van der Waals surface area contributed by atoms with Crippen molar-refractivity contribution in [3.05, 3.63) is 35.4 Å². The van der Waals surface area contributed by atoms with E-state index < -0.39 is 10.0 Å². The second-order valence-electron chi connectivity index (χ2n) is 5.29. The molecule has 2 rings (SSSR count). The first kappa shape index (κ1) is 15.8. The molecule has 0 atom stereocenters. The molecule has 1 N–H and O–H groups in total. The largest absolute Gasteiger partial charge is 0.334 e. The molecule has 1 aliphatic heterocycles. The number of sulfonamides is 1. The van der Waals surface area contributed by atoms with Crippen molar-refractivity contribution in [3.8, 4) is 0 Å². The lowest BCUT2D eigenvalue weighted by Crippen LogP contribution is -2.52. The fourth-order valence-corrected chi connectivity index (χ4v) is 3.04. The molecule has 0 bridgehead atoms. The van der Waals surface area contributed by atoms with Crippen LogP contribution in [0, 0.1) is 6.92 Å². The van der Waals surface area contributed by atoms with Gasteiger partial charge in [0.05, 0.1) is 6.26 Å². The predicted molar refractivity (Wildman–Crippen MR) is 81.4 cm³/mol. The molecule has 0 radical (unpaired) electrons. The average Bonchev–Trinajstić information content (AvgIpc) is 2.45. The molecule has 7 heteroatoms. The van der Waals surface area contributed by atoms with Gasteiger partial charge in [-0.25, -0.2) is 13.2 Å². The van der Waals surface area contributed by atoms with Gasteiger partial charge in [0.2, 0.25) is 10.0 Å². The Kier molecular flexibility index (Phi) is 4.84. The quantitative estimate of drug-likeness (QED) is 0.897. The van der Waals surface area contributed by atoms with Crippen molar-refractivity contribution < 1.29 is 13.2 Å². The van der Waals surface area contributed by atoms with Gasteiger partial charge in [-0.3, -0.25) is 0 Å². The van der Waals surface area contributed by atoms with E-state index in [4.69, 9.17) is 0 Å². The fraction of sp³-hybridized carbons (Fsp3) is 0.500. The van der Waals surface area contributed by atoms with Crippen LogP contribution in [0.25, 0.3) is 0 Å². The van der Waals surface area contributed by atoms with Gasteiger partial charge in [0, 0.05) is 32.7 Å². The Balaban J connectivity index is 1.81. The topological polar surface area (TPSA) is 69.7 Å². The molecule has 1 aromatic rings. The minimum absolute atomic E-state index is 0.149. The van der Waals surface area contributed by atoms with Crippen LogP contribution >= 0.6 is 0 Å². The van der Waals surface area contributed by atoms with E-state index in [-0.39, 0.29) is 6.03 Å². The lowest BCUT2D eigenvalue weighted by Gasteiger charge is -2.33. The van der Waals surface area contributed by atoms with Gasteiger partial charge in [-0.05, 0) is 12.5 Å². The van der Waals surface area contributed by atoms with E-state index in [0.29, 0.717) is 32.7 Å². The lowest BCUT2D eigenvalue weighted by atomic mass is 10.1. The zero-order valence-electron chi connectivity index (χ0n) is 12.4. The Morgan fingerprint density at radius 2 is 1.71 bits per heavy atom. The van der Waals surface area contributed by atoms with E-state index in [1.165, 1.54) is 16.1 Å². The Labute approximate surface area is 125 Å². The maximum absolute atomic E-state index is 12.0. The molecule has 6 nitrogen and oxygen atoms in total. The van der Waals surface area contributed by atoms with Crippen LogP contribution in [0.15, 0.2) is 24.3 Å². The van der Waals surface area contributed by atoms with Crippen molar-refractivity contribution in [1.29, 1.82) is 0 Å². The number of amides is 2. The molecule has 0 aromatic heterocycles. The van der Waals surface area contributed by atoms with Crippen molar-refractivity contribution in [2.24, 2.45) is 0 Å². The molecule has 0 aliphatic carbocycles. The molecule has 2 amide bonds. The number of piperazine rings is 1. The number of benzene rings is 1. The molecule has 21 heavy (non-hydrogen) atoms. The van der Waals surface area contributed by atoms with E-state index >= 15 is 0 Å². The van der Waals surface area contributed by atoms with E-state index in [1.54, 1.807) is 4.90 Å². The molecule has 1 saturated heterocycles. The van der Waals surface area contributed by atoms with Crippen molar-refractivity contribution in [2.75, 3.05) is 32.4 Å². The van der Waals surface area contributed by atoms with Gasteiger partial charge in [-0.2, -0.15) is 4.31 Å². The highest BCUT2D eigenvalue weighted by molar-refractivity contribution is 7.88. The first-order chi connectivity index (χ1) is 9.86. The first-order valence-corrected chi connectivity index (χ1v) is 8.74. The highest BCUT2D eigenvalue weighted by Crippen LogP contribution is 2.07. The van der Waals surface area contributed by atoms with E-state index in [0.717, 1.165) is 5.56 Å². The normalized spacial score (nSPS) is 16.8. The van der Waals surface area contributed by atoms with E-state index in [2.05, 4.69) is 5.32 Å². The van der Waals surface area contributed by atoms with E-state index in [9.17, 15) is 13.2 Å². The molecule has 1 aromatic carbocycles. The number of nitrogens with one attached hydrogen (secondary N) is 1. The summed E-state index contributed by atoms with van der Waals surface area (Å²) in [6.45, 7) is 4.06. The monoisotopic (exact) mass is 311 g/mol. The molecule has 1 aliphatic rings. The van der Waals surface area contributed by atoms with Gasteiger partial charge in [0.15, 0.2) is 0 Å². The summed E-state index contributed by atoms with van der Waals surface area (Å²) in [7, 11) is -3.16. The minimum atomic E-state index is -3.16. The van der Waals surface area contributed by atoms with Crippen LogP contribution in [0.4, 0.5) is 4.79 Å². The summed E-state index contributed by atoms with van der Waals surface area (Å²) in [5.74, 6) is 0. The third-order valence-electron chi connectivity index (χ3n) is 3.56. The van der Waals surface area contributed by atoms with Crippen LogP contribution in [0.5, 0.6) is 0 Å². The zero-order chi connectivity index (χ0) is 15.5. The van der Waals surface area contributed by atoms with Crippen molar-refractivity contribution in [1.82, 2.24) is 14.5 Å². The Morgan fingerprint density at radius 1 is 1.14 bits per heavy atom. The molecule has 1 fully saturated rings. The third kappa shape index (κ3) is 4.44. The van der Waals surface area contributed by atoms with Crippen LogP contribution in [0.3, 0.4) is 0 Å². The Hall–Kier alpha value is -1.60. The van der Waals surface area contributed by atoms with Gasteiger partial charge < -0.3 is 10.2 Å². The first-order valence-electron chi connectivity index (χ1n) is 6.90. The summed E-state index contributed by atoms with van der Waals surface area (Å²) >= 11 is 0. The number of hydrogen-bond acceptors (Lipinski definition) is 3. The summed E-state index contributed by atoms with van der Waals surface area (Å²) in [6, 6.07) is 7.83. The van der Waals surface area contributed by atoms with Crippen LogP contribution in [-0.4, -0.2) is 56.1 Å². The van der Waals surface area contributed by atoms with Gasteiger partial charge in [-0.1, -0.05) is 29.8 Å². The number of rotatable bonds is 3. The number of nitrogens with zero attached hydrogens (tertiary/aromatic N) is 2. The van der Waals surface area contributed by atoms with Crippen LogP contribution in [0.1, 0.15) is 11.1 Å². The lowest BCUT2D eigenvalue weighted by molar-refractivity contribution is 0.172. The van der Waals surface area contributed by atoms with Crippen molar-refractivity contribution in [2.45, 2.75) is 13.5 Å². The van der Waals surface area contributed by atoms with Gasteiger partial charge in [0.1, 0.15) is 0 Å². The van der Waals surface area contributed by atoms with Crippen LogP contribution in [-0.2, 0) is 16.6 Å². The number of urea groups is 1. The molecule has 0 saturated carbocycles. The fourth-order valence-electron chi connectivity index (χ4n) is 2.22. The molecule has 0 spiro atoms. The Bertz CT molecular complexity index is 590. The summed E-state index contributed by atoms with van der Waals surface area (Å²) in [4.78, 5) is 13.7. The average molecular weight is 311 g/mol. The highest BCUT2D eigenvalue weighted by atomic mass is 32.2. The summed E-state index contributed by atoms with van der Waals surface area (Å²) in [5, 5.41) is 2.86. The second-order valence-corrected chi connectivity index (χ2v) is 7.28. The predicted octanol–water partition coefficient (Wildman–Crippen LogP) is 0.782. The Morgan fingerprint density at radius 3 is 2.24 bits per heavy atom. The van der Waals surface area contributed by atoms with Crippen molar-refractivity contribution in [3.63, 3.8) is 0 Å². The number of hydrogen-bond donors (Lipinski definition) is 1. The SMILES string of the molecule is Cc1ccc(CNC(=O)N2CCN(S(C)(=O)=O)CC2)cc1.